The van der Waals surface area contributed by atoms with Crippen LogP contribution in [0.15, 0.2) is 24.3 Å². The van der Waals surface area contributed by atoms with Gasteiger partial charge in [-0.15, -0.1) is 0 Å². The summed E-state index contributed by atoms with van der Waals surface area (Å²) in [6, 6.07) is 7.90. The summed E-state index contributed by atoms with van der Waals surface area (Å²) in [5, 5.41) is 0. The van der Waals surface area contributed by atoms with E-state index in [0.29, 0.717) is 5.75 Å². The van der Waals surface area contributed by atoms with E-state index in [1.807, 2.05) is 18.2 Å². The number of ether oxygens (including phenoxy) is 1. The largest absolute Gasteiger partial charge is 0.427 e. The Morgan fingerprint density at radius 2 is 1.43 bits per heavy atom. The van der Waals surface area contributed by atoms with Crippen molar-refractivity contribution in [2.45, 2.75) is 90.9 Å². The summed E-state index contributed by atoms with van der Waals surface area (Å²) >= 11 is 0. The van der Waals surface area contributed by atoms with Crippen LogP contribution in [0.2, 0.25) is 0 Å². The maximum Gasteiger partial charge on any atom is 0.308 e. The molecule has 1 aromatic rings. The molecular weight excluding hydrogens is 284 g/mol. The van der Waals surface area contributed by atoms with Crippen molar-refractivity contribution in [1.82, 2.24) is 0 Å². The Kier molecular flexibility index (Phi) is 11.3. The Morgan fingerprint density at radius 1 is 0.870 bits per heavy atom. The fourth-order valence-corrected chi connectivity index (χ4v) is 2.92. The SMILES string of the molecule is CCCCCCCCCCCCCc1cccc(OC(C)=O)c1. The van der Waals surface area contributed by atoms with Crippen molar-refractivity contribution >= 4 is 5.97 Å². The molecule has 130 valence electrons. The minimum Gasteiger partial charge on any atom is -0.427 e. The maximum atomic E-state index is 11.0. The number of esters is 1. The van der Waals surface area contributed by atoms with E-state index in [4.69, 9.17) is 4.74 Å². The van der Waals surface area contributed by atoms with E-state index in [0.717, 1.165) is 6.42 Å². The predicted molar refractivity (Wildman–Crippen MR) is 97.9 cm³/mol. The highest BCUT2D eigenvalue weighted by molar-refractivity contribution is 5.69. The normalized spacial score (nSPS) is 10.7. The number of unbranched alkanes of at least 4 members (excludes halogenated alkanes) is 10. The summed E-state index contributed by atoms with van der Waals surface area (Å²) in [4.78, 5) is 11.0. The summed E-state index contributed by atoms with van der Waals surface area (Å²) in [5.41, 5.74) is 1.26. The summed E-state index contributed by atoms with van der Waals surface area (Å²) in [6.45, 7) is 3.71. The molecular formula is C21H34O2. The third kappa shape index (κ3) is 11.0. The second kappa shape index (κ2) is 13.2. The van der Waals surface area contributed by atoms with Crippen LogP contribution in [0.1, 0.15) is 90.0 Å². The van der Waals surface area contributed by atoms with Crippen LogP contribution in [0.25, 0.3) is 0 Å². The Labute approximate surface area is 142 Å². The van der Waals surface area contributed by atoms with Gasteiger partial charge in [0.15, 0.2) is 0 Å². The third-order valence-corrected chi connectivity index (χ3v) is 4.23. The van der Waals surface area contributed by atoms with Crippen LogP contribution >= 0.6 is 0 Å². The Hall–Kier alpha value is -1.31. The summed E-state index contributed by atoms with van der Waals surface area (Å²) < 4.78 is 5.12. The molecule has 0 atom stereocenters. The minimum atomic E-state index is -0.253. The van der Waals surface area contributed by atoms with Gasteiger partial charge in [0.2, 0.25) is 0 Å². The fraction of sp³-hybridized carbons (Fsp3) is 0.667. The lowest BCUT2D eigenvalue weighted by atomic mass is 10.0. The van der Waals surface area contributed by atoms with Gasteiger partial charge in [-0.25, -0.2) is 0 Å². The van der Waals surface area contributed by atoms with E-state index in [1.165, 1.54) is 83.1 Å². The molecule has 0 spiro atoms. The van der Waals surface area contributed by atoms with Gasteiger partial charge in [-0.05, 0) is 30.5 Å². The minimum absolute atomic E-state index is 0.253. The molecule has 0 aliphatic rings. The van der Waals surface area contributed by atoms with E-state index in [1.54, 1.807) is 0 Å². The highest BCUT2D eigenvalue weighted by Gasteiger charge is 2.00. The molecule has 0 amide bonds. The van der Waals surface area contributed by atoms with E-state index < -0.39 is 0 Å². The lowest BCUT2D eigenvalue weighted by Crippen LogP contribution is -2.01. The van der Waals surface area contributed by atoms with Crippen molar-refractivity contribution in [3.63, 3.8) is 0 Å². The standard InChI is InChI=1S/C21H34O2/c1-3-4-5-6-7-8-9-10-11-12-13-15-20-16-14-17-21(18-20)23-19(2)22/h14,16-18H,3-13,15H2,1-2H3. The summed E-state index contributed by atoms with van der Waals surface area (Å²) in [6.07, 6.45) is 16.1. The maximum absolute atomic E-state index is 11.0. The first-order valence-corrected chi connectivity index (χ1v) is 9.49. The van der Waals surface area contributed by atoms with Crippen molar-refractivity contribution in [1.29, 1.82) is 0 Å². The number of hydrogen-bond donors (Lipinski definition) is 0. The van der Waals surface area contributed by atoms with E-state index in [-0.39, 0.29) is 5.97 Å². The fourth-order valence-electron chi connectivity index (χ4n) is 2.92. The van der Waals surface area contributed by atoms with Crippen LogP contribution < -0.4 is 4.74 Å². The van der Waals surface area contributed by atoms with Crippen LogP contribution in [-0.2, 0) is 11.2 Å². The molecule has 0 aromatic heterocycles. The molecule has 1 rings (SSSR count). The zero-order valence-electron chi connectivity index (χ0n) is 15.1. The zero-order chi connectivity index (χ0) is 16.8. The van der Waals surface area contributed by atoms with Gasteiger partial charge < -0.3 is 4.74 Å². The monoisotopic (exact) mass is 318 g/mol. The Bertz CT molecular complexity index is 426. The van der Waals surface area contributed by atoms with Gasteiger partial charge in [-0.3, -0.25) is 4.79 Å². The van der Waals surface area contributed by atoms with Gasteiger partial charge >= 0.3 is 5.97 Å². The van der Waals surface area contributed by atoms with Crippen molar-refractivity contribution in [2.24, 2.45) is 0 Å². The second-order valence-electron chi connectivity index (χ2n) is 6.53. The van der Waals surface area contributed by atoms with Crippen molar-refractivity contribution in [3.8, 4) is 5.75 Å². The molecule has 0 unspecified atom stereocenters. The van der Waals surface area contributed by atoms with E-state index in [9.17, 15) is 4.79 Å². The average Bonchev–Trinajstić information content (AvgIpc) is 2.52. The number of benzene rings is 1. The molecule has 2 nitrogen and oxygen atoms in total. The number of hydrogen-bond acceptors (Lipinski definition) is 2. The summed E-state index contributed by atoms with van der Waals surface area (Å²) in [7, 11) is 0. The zero-order valence-corrected chi connectivity index (χ0v) is 15.1. The van der Waals surface area contributed by atoms with Gasteiger partial charge in [-0.2, -0.15) is 0 Å². The van der Waals surface area contributed by atoms with Crippen LogP contribution in [0.4, 0.5) is 0 Å². The molecule has 0 aliphatic heterocycles. The molecule has 0 N–H and O–H groups in total. The number of carbonyl (C=O) groups is 1. The quantitative estimate of drug-likeness (QED) is 0.237. The molecule has 0 aliphatic carbocycles. The van der Waals surface area contributed by atoms with E-state index >= 15 is 0 Å². The first-order chi connectivity index (χ1) is 11.2. The highest BCUT2D eigenvalue weighted by Crippen LogP contribution is 2.17. The lowest BCUT2D eigenvalue weighted by Gasteiger charge is -2.05. The Morgan fingerprint density at radius 3 is 2.00 bits per heavy atom. The van der Waals surface area contributed by atoms with Crippen LogP contribution in [0.3, 0.4) is 0 Å². The lowest BCUT2D eigenvalue weighted by molar-refractivity contribution is -0.131. The number of rotatable bonds is 13. The molecule has 23 heavy (non-hydrogen) atoms. The molecule has 2 heteroatoms. The third-order valence-electron chi connectivity index (χ3n) is 4.23. The molecule has 1 aromatic carbocycles. The smallest absolute Gasteiger partial charge is 0.308 e. The number of carbonyl (C=O) groups excluding carboxylic acids is 1. The molecule has 0 saturated heterocycles. The highest BCUT2D eigenvalue weighted by atomic mass is 16.5. The van der Waals surface area contributed by atoms with Gasteiger partial charge in [0.05, 0.1) is 0 Å². The van der Waals surface area contributed by atoms with E-state index in [2.05, 4.69) is 13.0 Å². The number of aryl methyl sites for hydroxylation is 1. The molecule has 0 radical (unpaired) electrons. The topological polar surface area (TPSA) is 26.3 Å². The van der Waals surface area contributed by atoms with Crippen molar-refractivity contribution < 1.29 is 9.53 Å². The molecule has 0 fully saturated rings. The second-order valence-corrected chi connectivity index (χ2v) is 6.53. The molecule has 0 heterocycles. The van der Waals surface area contributed by atoms with Crippen LogP contribution in [0.5, 0.6) is 5.75 Å². The molecule has 0 bridgehead atoms. The average molecular weight is 319 g/mol. The first kappa shape index (κ1) is 19.7. The van der Waals surface area contributed by atoms with Crippen molar-refractivity contribution in [3.05, 3.63) is 29.8 Å². The summed E-state index contributed by atoms with van der Waals surface area (Å²) in [5.74, 6) is 0.412. The Balaban J connectivity index is 1.99. The predicted octanol–water partition coefficient (Wildman–Crippen LogP) is 6.47. The van der Waals surface area contributed by atoms with Gasteiger partial charge in [0.25, 0.3) is 0 Å². The van der Waals surface area contributed by atoms with Crippen molar-refractivity contribution in [2.75, 3.05) is 0 Å². The van der Waals surface area contributed by atoms with Gasteiger partial charge in [0.1, 0.15) is 5.75 Å². The van der Waals surface area contributed by atoms with Gasteiger partial charge in [0, 0.05) is 6.92 Å². The van der Waals surface area contributed by atoms with Crippen LogP contribution in [0, 0.1) is 0 Å². The molecule has 0 saturated carbocycles. The first-order valence-electron chi connectivity index (χ1n) is 9.49. The van der Waals surface area contributed by atoms with Crippen LogP contribution in [-0.4, -0.2) is 5.97 Å². The van der Waals surface area contributed by atoms with Gasteiger partial charge in [-0.1, -0.05) is 83.3 Å².